The molecule has 0 aliphatic carbocycles. The van der Waals surface area contributed by atoms with E-state index in [1.807, 2.05) is 38.1 Å². The van der Waals surface area contributed by atoms with E-state index in [1.165, 1.54) is 5.56 Å². The summed E-state index contributed by atoms with van der Waals surface area (Å²) in [7, 11) is 0. The van der Waals surface area contributed by atoms with Crippen LogP contribution in [0, 0.1) is 6.92 Å². The SMILES string of the molecule is CCNC(=NCc1coc(-c2ccc(C)cc2)n1)NCCCOCC.I. The minimum Gasteiger partial charge on any atom is -0.444 e. The molecule has 1 aromatic carbocycles. The van der Waals surface area contributed by atoms with E-state index in [0.717, 1.165) is 49.9 Å². The van der Waals surface area contributed by atoms with Gasteiger partial charge in [-0.3, -0.25) is 0 Å². The Labute approximate surface area is 172 Å². The number of oxazole rings is 1. The van der Waals surface area contributed by atoms with Crippen LogP contribution in [0.2, 0.25) is 0 Å². The van der Waals surface area contributed by atoms with Crippen LogP contribution in [0.15, 0.2) is 39.9 Å². The summed E-state index contributed by atoms with van der Waals surface area (Å²) in [6, 6.07) is 8.12. The highest BCUT2D eigenvalue weighted by atomic mass is 127. The summed E-state index contributed by atoms with van der Waals surface area (Å²) in [5.74, 6) is 1.40. The van der Waals surface area contributed by atoms with Crippen molar-refractivity contribution in [3.05, 3.63) is 41.8 Å². The number of hydrogen-bond acceptors (Lipinski definition) is 4. The normalized spacial score (nSPS) is 11.1. The van der Waals surface area contributed by atoms with Gasteiger partial charge in [-0.2, -0.15) is 0 Å². The smallest absolute Gasteiger partial charge is 0.226 e. The molecule has 0 aliphatic heterocycles. The topological polar surface area (TPSA) is 71.7 Å². The molecule has 2 aromatic rings. The van der Waals surface area contributed by atoms with Crippen LogP contribution in [0.1, 0.15) is 31.5 Å². The number of aromatic nitrogens is 1. The lowest BCUT2D eigenvalue weighted by molar-refractivity contribution is 0.145. The number of ether oxygens (including phenoxy) is 1. The molecule has 0 unspecified atom stereocenters. The van der Waals surface area contributed by atoms with E-state index in [0.29, 0.717) is 12.4 Å². The summed E-state index contributed by atoms with van der Waals surface area (Å²) in [6.07, 6.45) is 2.61. The molecular formula is C19H29IN4O2. The fraction of sp³-hybridized carbons (Fsp3) is 0.474. The molecule has 6 nitrogen and oxygen atoms in total. The van der Waals surface area contributed by atoms with Gasteiger partial charge in [-0.15, -0.1) is 24.0 Å². The Morgan fingerprint density at radius 2 is 1.96 bits per heavy atom. The molecule has 2 N–H and O–H groups in total. The highest BCUT2D eigenvalue weighted by Crippen LogP contribution is 2.19. The first-order chi connectivity index (χ1) is 12.2. The molecule has 0 saturated carbocycles. The van der Waals surface area contributed by atoms with Crippen molar-refractivity contribution in [2.24, 2.45) is 4.99 Å². The van der Waals surface area contributed by atoms with Gasteiger partial charge in [0.25, 0.3) is 0 Å². The van der Waals surface area contributed by atoms with Crippen LogP contribution in [0.25, 0.3) is 11.5 Å². The van der Waals surface area contributed by atoms with E-state index in [4.69, 9.17) is 9.15 Å². The third-order valence-corrected chi connectivity index (χ3v) is 3.56. The van der Waals surface area contributed by atoms with E-state index >= 15 is 0 Å². The number of hydrogen-bond donors (Lipinski definition) is 2. The first-order valence-electron chi connectivity index (χ1n) is 8.84. The standard InChI is InChI=1S/C19H28N4O2.HI/c1-4-20-19(21-11-6-12-24-5-2)22-13-17-14-25-18(23-17)16-9-7-15(3)8-10-16;/h7-10,14H,4-6,11-13H2,1-3H3,(H2,20,21,22);1H. The van der Waals surface area contributed by atoms with Gasteiger partial charge in [0.15, 0.2) is 5.96 Å². The van der Waals surface area contributed by atoms with Crippen LogP contribution in [-0.4, -0.2) is 37.2 Å². The van der Waals surface area contributed by atoms with Gasteiger partial charge in [-0.1, -0.05) is 17.7 Å². The lowest BCUT2D eigenvalue weighted by Crippen LogP contribution is -2.38. The third kappa shape index (κ3) is 7.74. The van der Waals surface area contributed by atoms with E-state index in [1.54, 1.807) is 6.26 Å². The summed E-state index contributed by atoms with van der Waals surface area (Å²) in [5.41, 5.74) is 3.00. The lowest BCUT2D eigenvalue weighted by atomic mass is 10.1. The molecule has 144 valence electrons. The number of aliphatic imine (C=N–C) groups is 1. The lowest BCUT2D eigenvalue weighted by Gasteiger charge is -2.10. The van der Waals surface area contributed by atoms with Crippen molar-refractivity contribution >= 4 is 29.9 Å². The Hall–Kier alpha value is -1.61. The predicted molar refractivity (Wildman–Crippen MR) is 116 cm³/mol. The number of halogens is 1. The Morgan fingerprint density at radius 3 is 2.65 bits per heavy atom. The summed E-state index contributed by atoms with van der Waals surface area (Å²) in [6.45, 7) is 9.71. The zero-order valence-corrected chi connectivity index (χ0v) is 18.1. The molecule has 0 radical (unpaired) electrons. The number of rotatable bonds is 9. The van der Waals surface area contributed by atoms with Crippen molar-refractivity contribution in [1.82, 2.24) is 15.6 Å². The minimum atomic E-state index is 0. The van der Waals surface area contributed by atoms with Gasteiger partial charge < -0.3 is 19.8 Å². The van der Waals surface area contributed by atoms with Gasteiger partial charge in [0.2, 0.25) is 5.89 Å². The number of benzene rings is 1. The van der Waals surface area contributed by atoms with Crippen LogP contribution in [0.4, 0.5) is 0 Å². The largest absolute Gasteiger partial charge is 0.444 e. The third-order valence-electron chi connectivity index (χ3n) is 3.56. The second-order valence-electron chi connectivity index (χ2n) is 5.68. The monoisotopic (exact) mass is 472 g/mol. The van der Waals surface area contributed by atoms with Gasteiger partial charge in [0.1, 0.15) is 12.0 Å². The molecule has 2 rings (SSSR count). The molecule has 0 amide bonds. The average molecular weight is 472 g/mol. The van der Waals surface area contributed by atoms with Crippen LogP contribution < -0.4 is 10.6 Å². The van der Waals surface area contributed by atoms with Gasteiger partial charge in [-0.25, -0.2) is 9.98 Å². The number of nitrogens with zero attached hydrogens (tertiary/aromatic N) is 2. The Balaban J connectivity index is 0.00000338. The highest BCUT2D eigenvalue weighted by molar-refractivity contribution is 14.0. The van der Waals surface area contributed by atoms with E-state index in [9.17, 15) is 0 Å². The molecule has 0 atom stereocenters. The molecular weight excluding hydrogens is 443 g/mol. The van der Waals surface area contributed by atoms with E-state index in [2.05, 4.69) is 27.5 Å². The Kier molecular flexibility index (Phi) is 11.0. The van der Waals surface area contributed by atoms with Gasteiger partial charge in [0, 0.05) is 31.9 Å². The van der Waals surface area contributed by atoms with Crippen LogP contribution in [0.3, 0.4) is 0 Å². The fourth-order valence-corrected chi connectivity index (χ4v) is 2.24. The van der Waals surface area contributed by atoms with Crippen molar-refractivity contribution in [3.8, 4) is 11.5 Å². The molecule has 0 fully saturated rings. The molecule has 0 spiro atoms. The maximum absolute atomic E-state index is 5.57. The molecule has 0 aliphatic rings. The van der Waals surface area contributed by atoms with Gasteiger partial charge in [0.05, 0.1) is 6.54 Å². The molecule has 0 saturated heterocycles. The Bertz CT molecular complexity index is 656. The van der Waals surface area contributed by atoms with Crippen molar-refractivity contribution in [2.75, 3.05) is 26.3 Å². The number of guanidine groups is 1. The van der Waals surface area contributed by atoms with Crippen molar-refractivity contribution in [1.29, 1.82) is 0 Å². The number of nitrogens with one attached hydrogen (secondary N) is 2. The second kappa shape index (κ2) is 12.7. The van der Waals surface area contributed by atoms with Crippen LogP contribution in [0.5, 0.6) is 0 Å². The van der Waals surface area contributed by atoms with Gasteiger partial charge >= 0.3 is 0 Å². The first-order valence-corrected chi connectivity index (χ1v) is 8.84. The molecule has 26 heavy (non-hydrogen) atoms. The molecule has 1 heterocycles. The van der Waals surface area contributed by atoms with Crippen molar-refractivity contribution < 1.29 is 9.15 Å². The van der Waals surface area contributed by atoms with E-state index in [-0.39, 0.29) is 24.0 Å². The quantitative estimate of drug-likeness (QED) is 0.252. The van der Waals surface area contributed by atoms with Crippen LogP contribution in [-0.2, 0) is 11.3 Å². The zero-order chi connectivity index (χ0) is 17.9. The summed E-state index contributed by atoms with van der Waals surface area (Å²) < 4.78 is 10.9. The van der Waals surface area contributed by atoms with Crippen molar-refractivity contribution in [3.63, 3.8) is 0 Å². The maximum atomic E-state index is 5.57. The van der Waals surface area contributed by atoms with Crippen molar-refractivity contribution in [2.45, 2.75) is 33.7 Å². The minimum absolute atomic E-state index is 0. The number of aryl methyl sites for hydroxylation is 1. The zero-order valence-electron chi connectivity index (χ0n) is 15.7. The fourth-order valence-electron chi connectivity index (χ4n) is 2.24. The summed E-state index contributed by atoms with van der Waals surface area (Å²) >= 11 is 0. The Morgan fingerprint density at radius 1 is 1.19 bits per heavy atom. The maximum Gasteiger partial charge on any atom is 0.226 e. The summed E-state index contributed by atoms with van der Waals surface area (Å²) in [5, 5.41) is 6.52. The molecule has 1 aromatic heterocycles. The predicted octanol–water partition coefficient (Wildman–Crippen LogP) is 3.75. The molecule has 0 bridgehead atoms. The highest BCUT2D eigenvalue weighted by Gasteiger charge is 2.06. The van der Waals surface area contributed by atoms with Gasteiger partial charge in [-0.05, 0) is 39.3 Å². The van der Waals surface area contributed by atoms with E-state index < -0.39 is 0 Å². The first kappa shape index (κ1) is 22.4. The summed E-state index contributed by atoms with van der Waals surface area (Å²) in [4.78, 5) is 9.07. The second-order valence-corrected chi connectivity index (χ2v) is 5.68. The molecule has 7 heteroatoms. The average Bonchev–Trinajstić information content (AvgIpc) is 3.09. The van der Waals surface area contributed by atoms with Crippen LogP contribution >= 0.6 is 24.0 Å².